The summed E-state index contributed by atoms with van der Waals surface area (Å²) in [6.45, 7) is 0. The van der Waals surface area contributed by atoms with Crippen LogP contribution in [0.2, 0.25) is 0 Å². The Hall–Kier alpha value is -6.18. The minimum atomic E-state index is -0.424. The van der Waals surface area contributed by atoms with E-state index in [0.717, 1.165) is 17.1 Å². The van der Waals surface area contributed by atoms with Gasteiger partial charge in [-0.2, -0.15) is 0 Å². The quantitative estimate of drug-likeness (QED) is 0.190. The van der Waals surface area contributed by atoms with E-state index in [1.54, 1.807) is 0 Å². The maximum absolute atomic E-state index is 6.46. The zero-order valence-corrected chi connectivity index (χ0v) is 26.1. The molecule has 8 aromatic rings. The highest BCUT2D eigenvalue weighted by molar-refractivity contribution is 6.10. The third-order valence-corrected chi connectivity index (χ3v) is 10.9. The van der Waals surface area contributed by atoms with Crippen LogP contribution in [0.5, 0.6) is 11.5 Å². The Bertz CT molecular complexity index is 2600. The second kappa shape index (κ2) is 9.44. The largest absolute Gasteiger partial charge is 0.456 e. The van der Waals surface area contributed by atoms with E-state index in [2.05, 4.69) is 164 Å². The van der Waals surface area contributed by atoms with Gasteiger partial charge in [-0.05, 0) is 102 Å². The van der Waals surface area contributed by atoms with Gasteiger partial charge in [-0.25, -0.2) is 0 Å². The van der Waals surface area contributed by atoms with Crippen LogP contribution < -0.4 is 4.74 Å². The first kappa shape index (κ1) is 25.9. The molecule has 0 bridgehead atoms. The summed E-state index contributed by atoms with van der Waals surface area (Å²) in [5.41, 5.74) is 17.5. The molecule has 0 saturated carbocycles. The van der Waals surface area contributed by atoms with Crippen molar-refractivity contribution in [3.63, 3.8) is 0 Å². The standard InChI is InChI=1S/C47H28O/c1-2-11-29(12-3-1)30-21-23-35-36-24-22-31(32-25-26-45-46-38(32)16-10-17-39(46)37-15-6-9-20-44(37)48-45)28-43(36)47(42(35)27-30)40-18-7-4-13-33(40)34-14-5-8-19-41(34)47/h1-28H. The van der Waals surface area contributed by atoms with Gasteiger partial charge >= 0.3 is 0 Å². The molecule has 0 radical (unpaired) electrons. The third kappa shape index (κ3) is 3.25. The normalized spacial score (nSPS) is 13.8. The molecule has 2 aliphatic carbocycles. The van der Waals surface area contributed by atoms with Crippen molar-refractivity contribution in [1.29, 1.82) is 0 Å². The lowest BCUT2D eigenvalue weighted by Gasteiger charge is -2.31. The summed E-state index contributed by atoms with van der Waals surface area (Å²) in [7, 11) is 0. The average molecular weight is 609 g/mol. The lowest BCUT2D eigenvalue weighted by molar-refractivity contribution is 0.487. The van der Waals surface area contributed by atoms with Crippen molar-refractivity contribution in [3.8, 4) is 67.1 Å². The summed E-state index contributed by atoms with van der Waals surface area (Å²) in [4.78, 5) is 0. The number of rotatable bonds is 2. The summed E-state index contributed by atoms with van der Waals surface area (Å²) in [5, 5.41) is 2.39. The van der Waals surface area contributed by atoms with Crippen molar-refractivity contribution in [2.75, 3.05) is 0 Å². The van der Waals surface area contributed by atoms with Crippen LogP contribution in [0.3, 0.4) is 0 Å². The lowest BCUT2D eigenvalue weighted by atomic mass is 9.70. The van der Waals surface area contributed by atoms with Crippen molar-refractivity contribution < 1.29 is 4.74 Å². The molecule has 3 aliphatic rings. The zero-order chi connectivity index (χ0) is 31.4. The zero-order valence-electron chi connectivity index (χ0n) is 26.1. The van der Waals surface area contributed by atoms with Gasteiger partial charge < -0.3 is 4.74 Å². The topological polar surface area (TPSA) is 9.23 Å². The predicted molar refractivity (Wildman–Crippen MR) is 197 cm³/mol. The van der Waals surface area contributed by atoms with Gasteiger partial charge in [0.15, 0.2) is 0 Å². The van der Waals surface area contributed by atoms with Gasteiger partial charge in [0.25, 0.3) is 0 Å². The van der Waals surface area contributed by atoms with Gasteiger partial charge in [0.1, 0.15) is 11.5 Å². The molecule has 1 spiro atoms. The molecule has 0 atom stereocenters. The van der Waals surface area contributed by atoms with Gasteiger partial charge in [0.05, 0.1) is 5.41 Å². The van der Waals surface area contributed by atoms with E-state index in [1.807, 2.05) is 6.07 Å². The smallest absolute Gasteiger partial charge is 0.135 e. The number of para-hydroxylation sites is 1. The highest BCUT2D eigenvalue weighted by Crippen LogP contribution is 2.63. The first-order valence-corrected chi connectivity index (χ1v) is 16.7. The Morgan fingerprint density at radius 1 is 0.312 bits per heavy atom. The molecule has 1 aliphatic heterocycles. The molecule has 0 fully saturated rings. The summed E-state index contributed by atoms with van der Waals surface area (Å²) in [6, 6.07) is 62.5. The van der Waals surface area contributed by atoms with Gasteiger partial charge in [-0.15, -0.1) is 0 Å². The molecule has 222 valence electrons. The van der Waals surface area contributed by atoms with E-state index in [0.29, 0.717) is 0 Å². The number of fused-ring (bicyclic) bond motifs is 12. The molecular formula is C47H28O. The van der Waals surface area contributed by atoms with E-state index in [1.165, 1.54) is 83.1 Å². The Kier molecular flexibility index (Phi) is 5.10. The SMILES string of the molecule is c1ccc(-c2ccc3c(c2)C2(c4ccccc4-c4ccccc42)c2cc(-c4ccc5c6c(cccc46)-c4ccccc4O5)ccc2-3)cc1. The molecule has 8 aromatic carbocycles. The van der Waals surface area contributed by atoms with Crippen molar-refractivity contribution in [2.24, 2.45) is 0 Å². The molecule has 1 heteroatoms. The molecule has 11 rings (SSSR count). The molecule has 48 heavy (non-hydrogen) atoms. The first-order valence-electron chi connectivity index (χ1n) is 16.7. The molecule has 0 N–H and O–H groups in total. The monoisotopic (exact) mass is 608 g/mol. The van der Waals surface area contributed by atoms with E-state index >= 15 is 0 Å². The fourth-order valence-electron chi connectivity index (χ4n) is 8.95. The van der Waals surface area contributed by atoms with Gasteiger partial charge in [-0.1, -0.05) is 146 Å². The summed E-state index contributed by atoms with van der Waals surface area (Å²) in [5.74, 6) is 1.83. The molecule has 1 heterocycles. The van der Waals surface area contributed by atoms with Gasteiger partial charge in [-0.3, -0.25) is 0 Å². The minimum Gasteiger partial charge on any atom is -0.456 e. The number of hydrogen-bond acceptors (Lipinski definition) is 1. The molecule has 0 amide bonds. The van der Waals surface area contributed by atoms with Crippen LogP contribution in [0.4, 0.5) is 0 Å². The number of hydrogen-bond donors (Lipinski definition) is 0. The van der Waals surface area contributed by atoms with Crippen LogP contribution in [-0.2, 0) is 5.41 Å². The highest BCUT2D eigenvalue weighted by Gasteiger charge is 2.51. The second-order valence-electron chi connectivity index (χ2n) is 13.2. The average Bonchev–Trinajstić information content (AvgIpc) is 3.62. The van der Waals surface area contributed by atoms with Crippen LogP contribution in [0.15, 0.2) is 170 Å². The fraction of sp³-hybridized carbons (Fsp3) is 0.0213. The van der Waals surface area contributed by atoms with Crippen LogP contribution >= 0.6 is 0 Å². The van der Waals surface area contributed by atoms with E-state index in [9.17, 15) is 0 Å². The first-order chi connectivity index (χ1) is 23.8. The number of ether oxygens (including phenoxy) is 1. The molecule has 0 saturated heterocycles. The Balaban J connectivity index is 1.20. The Labute approximate surface area is 279 Å². The third-order valence-electron chi connectivity index (χ3n) is 10.9. The van der Waals surface area contributed by atoms with E-state index in [4.69, 9.17) is 4.74 Å². The van der Waals surface area contributed by atoms with Crippen LogP contribution in [0.25, 0.3) is 66.4 Å². The lowest BCUT2D eigenvalue weighted by Crippen LogP contribution is -2.26. The minimum absolute atomic E-state index is 0.424. The second-order valence-corrected chi connectivity index (χ2v) is 13.2. The van der Waals surface area contributed by atoms with Crippen molar-refractivity contribution in [1.82, 2.24) is 0 Å². The molecule has 0 aromatic heterocycles. The van der Waals surface area contributed by atoms with E-state index in [-0.39, 0.29) is 0 Å². The van der Waals surface area contributed by atoms with Gasteiger partial charge in [0.2, 0.25) is 0 Å². The Morgan fingerprint density at radius 2 is 0.875 bits per heavy atom. The van der Waals surface area contributed by atoms with Crippen molar-refractivity contribution >= 4 is 10.8 Å². The number of benzene rings is 8. The molecule has 0 unspecified atom stereocenters. The van der Waals surface area contributed by atoms with Crippen LogP contribution in [-0.4, -0.2) is 0 Å². The van der Waals surface area contributed by atoms with Crippen molar-refractivity contribution in [3.05, 3.63) is 192 Å². The van der Waals surface area contributed by atoms with Crippen molar-refractivity contribution in [2.45, 2.75) is 5.41 Å². The highest BCUT2D eigenvalue weighted by atomic mass is 16.5. The van der Waals surface area contributed by atoms with Crippen LogP contribution in [0.1, 0.15) is 22.3 Å². The fourth-order valence-corrected chi connectivity index (χ4v) is 8.95. The summed E-state index contributed by atoms with van der Waals surface area (Å²) < 4.78 is 6.46. The summed E-state index contributed by atoms with van der Waals surface area (Å²) in [6.07, 6.45) is 0. The maximum atomic E-state index is 6.46. The predicted octanol–water partition coefficient (Wildman–Crippen LogP) is 12.3. The Morgan fingerprint density at radius 3 is 1.62 bits per heavy atom. The summed E-state index contributed by atoms with van der Waals surface area (Å²) >= 11 is 0. The van der Waals surface area contributed by atoms with Crippen LogP contribution in [0, 0.1) is 0 Å². The maximum Gasteiger partial charge on any atom is 0.135 e. The van der Waals surface area contributed by atoms with Gasteiger partial charge in [0, 0.05) is 10.9 Å². The molecule has 1 nitrogen and oxygen atoms in total. The molecular weight excluding hydrogens is 581 g/mol. The van der Waals surface area contributed by atoms with E-state index < -0.39 is 5.41 Å².